The molecular weight excluding hydrogens is 274 g/mol. The van der Waals surface area contributed by atoms with Gasteiger partial charge in [-0.1, -0.05) is 12.1 Å². The first-order valence-electron chi connectivity index (χ1n) is 5.88. The molecule has 0 fully saturated rings. The number of hydrogen-bond acceptors (Lipinski definition) is 5. The summed E-state index contributed by atoms with van der Waals surface area (Å²) in [5.74, 6) is 0.333. The van der Waals surface area contributed by atoms with Crippen LogP contribution in [0.25, 0.3) is 0 Å². The van der Waals surface area contributed by atoms with Crippen molar-refractivity contribution in [2.75, 3.05) is 11.6 Å². The second-order valence-electron chi connectivity index (χ2n) is 4.28. The van der Waals surface area contributed by atoms with Gasteiger partial charge in [0.05, 0.1) is 11.6 Å². The molecule has 1 N–H and O–H groups in total. The summed E-state index contributed by atoms with van der Waals surface area (Å²) in [5, 5.41) is 11.7. The van der Waals surface area contributed by atoms with Crippen LogP contribution in [0, 0.1) is 11.3 Å². The summed E-state index contributed by atoms with van der Waals surface area (Å²) in [6, 6.07) is 12.2. The lowest BCUT2D eigenvalue weighted by Crippen LogP contribution is -2.07. The van der Waals surface area contributed by atoms with Gasteiger partial charge in [0.25, 0.3) is 0 Å². The Morgan fingerprint density at radius 3 is 2.55 bits per heavy atom. The van der Waals surface area contributed by atoms with E-state index in [1.54, 1.807) is 18.2 Å². The number of nitrogens with one attached hydrogen (secondary N) is 1. The first-order valence-corrected chi connectivity index (χ1v) is 7.78. The maximum absolute atomic E-state index is 11.6. The topological polar surface area (TPSA) is 82.8 Å². The average molecular weight is 287 g/mol. The van der Waals surface area contributed by atoms with E-state index in [4.69, 9.17) is 5.26 Å². The van der Waals surface area contributed by atoms with Gasteiger partial charge in [0, 0.05) is 19.0 Å². The molecule has 0 radical (unpaired) electrons. The Hall–Kier alpha value is -2.39. The molecule has 0 saturated heterocycles. The van der Waals surface area contributed by atoms with Crippen LogP contribution in [0.1, 0.15) is 11.1 Å². The van der Waals surface area contributed by atoms with Crippen molar-refractivity contribution in [1.82, 2.24) is 4.98 Å². The zero-order valence-corrected chi connectivity index (χ0v) is 11.7. The van der Waals surface area contributed by atoms with Gasteiger partial charge in [0.2, 0.25) is 0 Å². The van der Waals surface area contributed by atoms with E-state index in [2.05, 4.69) is 10.3 Å². The summed E-state index contributed by atoms with van der Waals surface area (Å²) in [7, 11) is -3.32. The number of sulfone groups is 1. The van der Waals surface area contributed by atoms with Crippen LogP contribution in [0.15, 0.2) is 47.5 Å². The van der Waals surface area contributed by atoms with Crippen LogP contribution in [0.5, 0.6) is 0 Å². The molecule has 0 aliphatic carbocycles. The number of benzene rings is 1. The van der Waals surface area contributed by atoms with Gasteiger partial charge >= 0.3 is 0 Å². The minimum atomic E-state index is -3.32. The summed E-state index contributed by atoms with van der Waals surface area (Å²) in [6.07, 6.45) is 2.69. The molecule has 0 aliphatic heterocycles. The Kier molecular flexibility index (Phi) is 4.01. The molecule has 5 nitrogen and oxygen atoms in total. The van der Waals surface area contributed by atoms with Gasteiger partial charge in [-0.25, -0.2) is 13.4 Å². The highest BCUT2D eigenvalue weighted by Crippen LogP contribution is 2.18. The summed E-state index contributed by atoms with van der Waals surface area (Å²) >= 11 is 0. The minimum Gasteiger partial charge on any atom is -0.365 e. The van der Waals surface area contributed by atoms with E-state index in [0.717, 1.165) is 11.8 Å². The third kappa shape index (κ3) is 3.33. The number of nitrogens with zero attached hydrogens (tertiary/aromatic N) is 2. The average Bonchev–Trinajstić information content (AvgIpc) is 2.45. The van der Waals surface area contributed by atoms with Gasteiger partial charge in [-0.15, -0.1) is 0 Å². The summed E-state index contributed by atoms with van der Waals surface area (Å²) < 4.78 is 23.3. The molecule has 2 rings (SSSR count). The SMILES string of the molecule is CS(=O)(=O)c1cccnc1NCc1ccc(C#N)cc1. The Labute approximate surface area is 117 Å². The van der Waals surface area contributed by atoms with Crippen molar-refractivity contribution < 1.29 is 8.42 Å². The monoisotopic (exact) mass is 287 g/mol. The van der Waals surface area contributed by atoms with E-state index in [9.17, 15) is 8.42 Å². The first kappa shape index (κ1) is 14.0. The number of nitriles is 1. The molecule has 0 amide bonds. The highest BCUT2D eigenvalue weighted by molar-refractivity contribution is 7.90. The Bertz CT molecular complexity index is 747. The predicted molar refractivity (Wildman–Crippen MR) is 75.8 cm³/mol. The van der Waals surface area contributed by atoms with Crippen LogP contribution in [0.2, 0.25) is 0 Å². The Morgan fingerprint density at radius 1 is 1.25 bits per heavy atom. The van der Waals surface area contributed by atoms with Crippen LogP contribution in [-0.4, -0.2) is 19.7 Å². The lowest BCUT2D eigenvalue weighted by Gasteiger charge is -2.09. The van der Waals surface area contributed by atoms with E-state index < -0.39 is 9.84 Å². The normalized spacial score (nSPS) is 10.8. The van der Waals surface area contributed by atoms with Gasteiger partial charge < -0.3 is 5.32 Å². The third-order valence-electron chi connectivity index (χ3n) is 2.71. The lowest BCUT2D eigenvalue weighted by molar-refractivity contribution is 0.601. The maximum Gasteiger partial charge on any atom is 0.179 e. The van der Waals surface area contributed by atoms with E-state index in [-0.39, 0.29) is 4.90 Å². The smallest absolute Gasteiger partial charge is 0.179 e. The van der Waals surface area contributed by atoms with Gasteiger partial charge in [0.15, 0.2) is 9.84 Å². The molecule has 0 bridgehead atoms. The number of anilines is 1. The van der Waals surface area contributed by atoms with Gasteiger partial charge in [0.1, 0.15) is 10.7 Å². The fraction of sp³-hybridized carbons (Fsp3) is 0.143. The third-order valence-corrected chi connectivity index (χ3v) is 3.84. The maximum atomic E-state index is 11.6. The molecule has 102 valence electrons. The highest BCUT2D eigenvalue weighted by Gasteiger charge is 2.13. The van der Waals surface area contributed by atoms with E-state index in [1.807, 2.05) is 18.2 Å². The zero-order valence-electron chi connectivity index (χ0n) is 10.9. The van der Waals surface area contributed by atoms with E-state index in [1.165, 1.54) is 12.3 Å². The summed E-state index contributed by atoms with van der Waals surface area (Å²) in [6.45, 7) is 0.436. The van der Waals surface area contributed by atoms with Crippen molar-refractivity contribution in [2.45, 2.75) is 11.4 Å². The highest BCUT2D eigenvalue weighted by atomic mass is 32.2. The lowest BCUT2D eigenvalue weighted by atomic mass is 10.1. The van der Waals surface area contributed by atoms with Crippen molar-refractivity contribution in [3.05, 3.63) is 53.7 Å². The molecule has 0 spiro atoms. The first-order chi connectivity index (χ1) is 9.50. The molecule has 1 heterocycles. The second kappa shape index (κ2) is 5.72. The molecule has 20 heavy (non-hydrogen) atoms. The molecule has 0 unspecified atom stereocenters. The van der Waals surface area contributed by atoms with Gasteiger partial charge in [-0.05, 0) is 29.8 Å². The van der Waals surface area contributed by atoms with Crippen LogP contribution < -0.4 is 5.32 Å². The van der Waals surface area contributed by atoms with Crippen molar-refractivity contribution in [2.24, 2.45) is 0 Å². The van der Waals surface area contributed by atoms with Crippen LogP contribution in [0.4, 0.5) is 5.82 Å². The number of rotatable bonds is 4. The standard InChI is InChI=1S/C14H13N3O2S/c1-20(18,19)13-3-2-8-16-14(13)17-10-12-6-4-11(9-15)5-7-12/h2-8H,10H2,1H3,(H,16,17). The molecule has 6 heteroatoms. The van der Waals surface area contributed by atoms with Gasteiger partial charge in [-0.3, -0.25) is 0 Å². The minimum absolute atomic E-state index is 0.175. The molecule has 1 aromatic heterocycles. The molecular formula is C14H13N3O2S. The van der Waals surface area contributed by atoms with Crippen LogP contribution in [0.3, 0.4) is 0 Å². The van der Waals surface area contributed by atoms with Crippen LogP contribution in [-0.2, 0) is 16.4 Å². The fourth-order valence-corrected chi connectivity index (χ4v) is 2.51. The van der Waals surface area contributed by atoms with Crippen molar-refractivity contribution in [3.63, 3.8) is 0 Å². The van der Waals surface area contributed by atoms with Gasteiger partial charge in [-0.2, -0.15) is 5.26 Å². The Balaban J connectivity index is 2.17. The number of hydrogen-bond donors (Lipinski definition) is 1. The number of pyridine rings is 1. The quantitative estimate of drug-likeness (QED) is 0.929. The largest absolute Gasteiger partial charge is 0.365 e. The van der Waals surface area contributed by atoms with E-state index >= 15 is 0 Å². The summed E-state index contributed by atoms with van der Waals surface area (Å²) in [4.78, 5) is 4.23. The number of aromatic nitrogens is 1. The van der Waals surface area contributed by atoms with Crippen molar-refractivity contribution in [1.29, 1.82) is 5.26 Å². The zero-order chi connectivity index (χ0) is 14.6. The second-order valence-corrected chi connectivity index (χ2v) is 6.27. The summed E-state index contributed by atoms with van der Waals surface area (Å²) in [5.41, 5.74) is 1.53. The Morgan fingerprint density at radius 2 is 1.95 bits per heavy atom. The van der Waals surface area contributed by atoms with Crippen LogP contribution >= 0.6 is 0 Å². The molecule has 1 aromatic carbocycles. The molecule has 0 saturated carbocycles. The molecule has 0 aliphatic rings. The molecule has 2 aromatic rings. The van der Waals surface area contributed by atoms with Crippen molar-refractivity contribution in [3.8, 4) is 6.07 Å². The van der Waals surface area contributed by atoms with E-state index in [0.29, 0.717) is 17.9 Å². The molecule has 0 atom stereocenters. The predicted octanol–water partition coefficient (Wildman–Crippen LogP) is 1.97. The fourth-order valence-electron chi connectivity index (χ4n) is 1.71. The van der Waals surface area contributed by atoms with Crippen molar-refractivity contribution >= 4 is 15.7 Å².